The monoisotopic (exact) mass is 499 g/mol. The standard InChI is InChI=1S/C24H19Cl2N3O5/c1-33-18-9-4-16(5-10-18)24(32)34-19-7-2-15(3-8-19)13-28-29-22(30)14-27-23(31)17-6-11-20(25)21(26)12-17/h2-13H,14H2,1H3,(H,27,31)(H,29,30). The van der Waals surface area contributed by atoms with Gasteiger partial charge in [0.15, 0.2) is 0 Å². The second-order valence-corrected chi connectivity index (χ2v) is 7.61. The van der Waals surface area contributed by atoms with Gasteiger partial charge < -0.3 is 14.8 Å². The number of nitrogens with zero attached hydrogens (tertiary/aromatic N) is 1. The molecule has 0 saturated carbocycles. The number of methoxy groups -OCH3 is 1. The molecule has 3 aromatic rings. The zero-order valence-electron chi connectivity index (χ0n) is 17.9. The molecule has 2 N–H and O–H groups in total. The van der Waals surface area contributed by atoms with Crippen LogP contribution in [0.5, 0.6) is 11.5 Å². The summed E-state index contributed by atoms with van der Waals surface area (Å²) in [6.45, 7) is -0.281. The Kier molecular flexibility index (Phi) is 8.61. The van der Waals surface area contributed by atoms with Gasteiger partial charge in [0.2, 0.25) is 0 Å². The first-order valence-electron chi connectivity index (χ1n) is 9.87. The molecule has 0 saturated heterocycles. The van der Waals surface area contributed by atoms with Crippen LogP contribution in [0.15, 0.2) is 71.8 Å². The molecule has 0 bridgehead atoms. The smallest absolute Gasteiger partial charge is 0.343 e. The zero-order valence-corrected chi connectivity index (χ0v) is 19.4. The molecule has 0 radical (unpaired) electrons. The van der Waals surface area contributed by atoms with E-state index in [-0.39, 0.29) is 17.1 Å². The van der Waals surface area contributed by atoms with Gasteiger partial charge in [-0.2, -0.15) is 5.10 Å². The van der Waals surface area contributed by atoms with Crippen LogP contribution in [-0.2, 0) is 4.79 Å². The predicted octanol–water partition coefficient (Wildman–Crippen LogP) is 4.10. The summed E-state index contributed by atoms with van der Waals surface area (Å²) in [7, 11) is 1.54. The third kappa shape index (κ3) is 7.06. The Labute approximate surface area is 205 Å². The minimum atomic E-state index is -0.519. The number of halogens is 2. The second-order valence-electron chi connectivity index (χ2n) is 6.79. The molecule has 3 rings (SSSR count). The molecule has 0 aromatic heterocycles. The van der Waals surface area contributed by atoms with Crippen LogP contribution in [0.4, 0.5) is 0 Å². The van der Waals surface area contributed by atoms with E-state index >= 15 is 0 Å². The molecule has 0 aliphatic rings. The lowest BCUT2D eigenvalue weighted by Gasteiger charge is -2.06. The fourth-order valence-corrected chi connectivity index (χ4v) is 2.93. The summed E-state index contributed by atoms with van der Waals surface area (Å²) >= 11 is 11.7. The van der Waals surface area contributed by atoms with Crippen molar-refractivity contribution in [3.63, 3.8) is 0 Å². The van der Waals surface area contributed by atoms with Crippen molar-refractivity contribution in [2.24, 2.45) is 5.10 Å². The van der Waals surface area contributed by atoms with E-state index in [0.717, 1.165) is 0 Å². The first-order valence-corrected chi connectivity index (χ1v) is 10.6. The lowest BCUT2D eigenvalue weighted by atomic mass is 10.2. The number of nitrogens with one attached hydrogen (secondary N) is 2. The number of carbonyl (C=O) groups is 3. The van der Waals surface area contributed by atoms with Gasteiger partial charge in [-0.1, -0.05) is 23.2 Å². The first kappa shape index (κ1) is 24.8. The Balaban J connectivity index is 1.45. The Morgan fingerprint density at radius 2 is 1.53 bits per heavy atom. The van der Waals surface area contributed by atoms with E-state index in [4.69, 9.17) is 32.7 Å². The molecule has 10 heteroatoms. The van der Waals surface area contributed by atoms with Gasteiger partial charge in [0.1, 0.15) is 11.5 Å². The molecule has 8 nitrogen and oxygen atoms in total. The molecule has 2 amide bonds. The average molecular weight is 500 g/mol. The van der Waals surface area contributed by atoms with Gasteiger partial charge in [-0.05, 0) is 72.3 Å². The van der Waals surface area contributed by atoms with E-state index in [1.807, 2.05) is 0 Å². The number of hydrogen-bond acceptors (Lipinski definition) is 6. The van der Waals surface area contributed by atoms with Crippen LogP contribution in [0.1, 0.15) is 26.3 Å². The van der Waals surface area contributed by atoms with Gasteiger partial charge in [-0.25, -0.2) is 10.2 Å². The largest absolute Gasteiger partial charge is 0.497 e. The van der Waals surface area contributed by atoms with Crippen molar-refractivity contribution in [3.05, 3.63) is 93.5 Å². The Hall–Kier alpha value is -3.88. The molecule has 174 valence electrons. The first-order chi connectivity index (χ1) is 16.4. The molecule has 0 aliphatic heterocycles. The minimum absolute atomic E-state index is 0.241. The molecule has 0 fully saturated rings. The van der Waals surface area contributed by atoms with Crippen LogP contribution in [0.25, 0.3) is 0 Å². The van der Waals surface area contributed by atoms with Crippen LogP contribution in [-0.4, -0.2) is 37.7 Å². The van der Waals surface area contributed by atoms with E-state index < -0.39 is 17.8 Å². The number of rotatable bonds is 8. The zero-order chi connectivity index (χ0) is 24.5. The normalized spacial score (nSPS) is 10.6. The summed E-state index contributed by atoms with van der Waals surface area (Å²) in [6.07, 6.45) is 1.41. The lowest BCUT2D eigenvalue weighted by Crippen LogP contribution is -2.34. The van der Waals surface area contributed by atoms with Gasteiger partial charge in [0, 0.05) is 5.56 Å². The van der Waals surface area contributed by atoms with Crippen LogP contribution in [0, 0.1) is 0 Å². The van der Waals surface area contributed by atoms with Crippen molar-refractivity contribution >= 4 is 47.2 Å². The topological polar surface area (TPSA) is 106 Å². The summed E-state index contributed by atoms with van der Waals surface area (Å²) in [5, 5.41) is 6.86. The van der Waals surface area contributed by atoms with Crippen molar-refractivity contribution in [3.8, 4) is 11.5 Å². The maximum atomic E-state index is 12.2. The van der Waals surface area contributed by atoms with E-state index in [1.54, 1.807) is 55.6 Å². The molecule has 0 spiro atoms. The molecular formula is C24H19Cl2N3O5. The third-order valence-corrected chi connectivity index (χ3v) is 5.15. The fourth-order valence-electron chi connectivity index (χ4n) is 2.63. The van der Waals surface area contributed by atoms with Crippen LogP contribution < -0.4 is 20.2 Å². The van der Waals surface area contributed by atoms with Gasteiger partial charge >= 0.3 is 5.97 Å². The number of hydrogen-bond donors (Lipinski definition) is 2. The van der Waals surface area contributed by atoms with Crippen LogP contribution in [0.3, 0.4) is 0 Å². The molecular weight excluding hydrogens is 481 g/mol. The van der Waals surface area contributed by atoms with Crippen molar-refractivity contribution in [1.82, 2.24) is 10.7 Å². The second kappa shape index (κ2) is 11.8. The number of benzene rings is 3. The Morgan fingerprint density at radius 3 is 2.18 bits per heavy atom. The summed E-state index contributed by atoms with van der Waals surface area (Å²) in [4.78, 5) is 36.1. The number of carbonyl (C=O) groups excluding carboxylic acids is 3. The summed E-state index contributed by atoms with van der Waals surface area (Å²) in [5.74, 6) is -0.500. The number of esters is 1. The van der Waals surface area contributed by atoms with Crippen molar-refractivity contribution < 1.29 is 23.9 Å². The van der Waals surface area contributed by atoms with Gasteiger partial charge in [-0.3, -0.25) is 9.59 Å². The van der Waals surface area contributed by atoms with E-state index in [1.165, 1.54) is 24.4 Å². The number of hydrazone groups is 1. The molecule has 0 aliphatic carbocycles. The van der Waals surface area contributed by atoms with Crippen LogP contribution >= 0.6 is 23.2 Å². The van der Waals surface area contributed by atoms with E-state index in [9.17, 15) is 14.4 Å². The summed E-state index contributed by atoms with van der Waals surface area (Å²) in [5.41, 5.74) is 3.63. The van der Waals surface area contributed by atoms with Crippen molar-refractivity contribution in [2.75, 3.05) is 13.7 Å². The highest BCUT2D eigenvalue weighted by molar-refractivity contribution is 6.42. The quantitative estimate of drug-likeness (QED) is 0.210. The molecule has 3 aromatic carbocycles. The highest BCUT2D eigenvalue weighted by atomic mass is 35.5. The minimum Gasteiger partial charge on any atom is -0.497 e. The van der Waals surface area contributed by atoms with Crippen molar-refractivity contribution in [1.29, 1.82) is 0 Å². The summed E-state index contributed by atoms with van der Waals surface area (Å²) < 4.78 is 10.4. The van der Waals surface area contributed by atoms with Gasteiger partial charge in [0.25, 0.3) is 11.8 Å². The lowest BCUT2D eigenvalue weighted by molar-refractivity contribution is -0.120. The molecule has 0 atom stereocenters. The van der Waals surface area contributed by atoms with Gasteiger partial charge in [-0.15, -0.1) is 0 Å². The highest BCUT2D eigenvalue weighted by Crippen LogP contribution is 2.22. The molecule has 34 heavy (non-hydrogen) atoms. The number of ether oxygens (including phenoxy) is 2. The Bertz CT molecular complexity index is 1210. The average Bonchev–Trinajstić information content (AvgIpc) is 2.85. The van der Waals surface area contributed by atoms with Crippen LogP contribution in [0.2, 0.25) is 10.0 Å². The van der Waals surface area contributed by atoms with Gasteiger partial charge in [0.05, 0.1) is 35.5 Å². The Morgan fingerprint density at radius 1 is 0.882 bits per heavy atom. The third-order valence-electron chi connectivity index (χ3n) is 4.41. The molecule has 0 heterocycles. The van der Waals surface area contributed by atoms with Crippen molar-refractivity contribution in [2.45, 2.75) is 0 Å². The van der Waals surface area contributed by atoms with E-state index in [0.29, 0.717) is 27.6 Å². The summed E-state index contributed by atoms with van der Waals surface area (Å²) in [6, 6.07) is 17.5. The maximum absolute atomic E-state index is 12.2. The fraction of sp³-hybridized carbons (Fsp3) is 0.0833. The molecule has 0 unspecified atom stereocenters. The predicted molar refractivity (Wildman–Crippen MR) is 129 cm³/mol. The number of amides is 2. The highest BCUT2D eigenvalue weighted by Gasteiger charge is 2.10. The maximum Gasteiger partial charge on any atom is 0.343 e. The van der Waals surface area contributed by atoms with E-state index in [2.05, 4.69) is 15.8 Å². The SMILES string of the molecule is COc1ccc(C(=O)Oc2ccc(C=NNC(=O)CNC(=O)c3ccc(Cl)c(Cl)c3)cc2)cc1.